The van der Waals surface area contributed by atoms with Gasteiger partial charge in [-0.2, -0.15) is 22.8 Å². The predicted octanol–water partition coefficient (Wildman–Crippen LogP) is 3.03. The molecule has 134 valence electrons. The second-order valence-electron chi connectivity index (χ2n) is 5.45. The number of hydrogen-bond acceptors (Lipinski definition) is 4. The third kappa shape index (κ3) is 2.65. The van der Waals surface area contributed by atoms with Crippen LogP contribution in [0.15, 0.2) is 53.8 Å². The molecule has 11 heteroatoms. The molecular weight excluding hydrogens is 371 g/mol. The van der Waals surface area contributed by atoms with Gasteiger partial charge in [0.15, 0.2) is 5.65 Å². The summed E-state index contributed by atoms with van der Waals surface area (Å²) in [6.45, 7) is 0. The van der Waals surface area contributed by atoms with Crippen LogP contribution in [0.3, 0.4) is 0 Å². The van der Waals surface area contributed by atoms with Crippen LogP contribution >= 0.6 is 0 Å². The van der Waals surface area contributed by atoms with Gasteiger partial charge in [0.25, 0.3) is 10.0 Å². The lowest BCUT2D eigenvalue weighted by atomic mass is 10.1. The van der Waals surface area contributed by atoms with E-state index in [2.05, 4.69) is 19.8 Å². The molecule has 0 bridgehead atoms. The highest BCUT2D eigenvalue weighted by molar-refractivity contribution is 7.93. The van der Waals surface area contributed by atoms with Crippen LogP contribution in [0.25, 0.3) is 16.6 Å². The summed E-state index contributed by atoms with van der Waals surface area (Å²) in [5.74, 6) is 0.154. The quantitative estimate of drug-likeness (QED) is 0.571. The fourth-order valence-corrected chi connectivity index (χ4v) is 3.82. The zero-order valence-electron chi connectivity index (χ0n) is 12.8. The number of aromatic nitrogens is 4. The van der Waals surface area contributed by atoms with Gasteiger partial charge in [-0.15, -0.1) is 0 Å². The maximum absolute atomic E-state index is 12.8. The van der Waals surface area contributed by atoms with Crippen LogP contribution < -0.4 is 4.72 Å². The standard InChI is InChI=1S/C15H10F3N5O2S/c16-15(17,18)9-1-2-10-11(7-9)20-8-12(10)26(24,25)22-14-3-5-19-13-4-6-21-23(13)14/h1-8,20,22H. The average Bonchev–Trinajstić information content (AvgIpc) is 3.20. The van der Waals surface area contributed by atoms with E-state index in [0.29, 0.717) is 5.65 Å². The van der Waals surface area contributed by atoms with Gasteiger partial charge < -0.3 is 4.98 Å². The lowest BCUT2D eigenvalue weighted by Crippen LogP contribution is -2.15. The first-order valence-electron chi connectivity index (χ1n) is 7.26. The smallest absolute Gasteiger partial charge is 0.360 e. The fraction of sp³-hybridized carbons (Fsp3) is 0.0667. The third-order valence-corrected chi connectivity index (χ3v) is 5.18. The summed E-state index contributed by atoms with van der Waals surface area (Å²) in [5, 5.41) is 4.13. The number of halogens is 3. The average molecular weight is 381 g/mol. The van der Waals surface area contributed by atoms with Crippen LogP contribution in [0.2, 0.25) is 0 Å². The molecule has 0 saturated heterocycles. The van der Waals surface area contributed by atoms with Crippen molar-refractivity contribution in [2.75, 3.05) is 4.72 Å². The monoisotopic (exact) mass is 381 g/mol. The van der Waals surface area contributed by atoms with Gasteiger partial charge in [-0.05, 0) is 18.2 Å². The molecule has 4 aromatic rings. The molecular formula is C15H10F3N5O2S. The topological polar surface area (TPSA) is 92.2 Å². The van der Waals surface area contributed by atoms with E-state index in [9.17, 15) is 21.6 Å². The number of alkyl halides is 3. The minimum atomic E-state index is -4.51. The summed E-state index contributed by atoms with van der Waals surface area (Å²) >= 11 is 0. The van der Waals surface area contributed by atoms with Gasteiger partial charge in [0, 0.05) is 29.4 Å². The van der Waals surface area contributed by atoms with Gasteiger partial charge in [0.2, 0.25) is 0 Å². The minimum Gasteiger partial charge on any atom is -0.360 e. The molecule has 4 rings (SSSR count). The highest BCUT2D eigenvalue weighted by Crippen LogP contribution is 2.33. The molecule has 0 fully saturated rings. The number of aromatic amines is 1. The Balaban J connectivity index is 1.78. The van der Waals surface area contributed by atoms with Crippen molar-refractivity contribution in [2.24, 2.45) is 0 Å². The van der Waals surface area contributed by atoms with Gasteiger partial charge in [-0.3, -0.25) is 4.72 Å². The van der Waals surface area contributed by atoms with Crippen LogP contribution in [0.1, 0.15) is 5.56 Å². The Hall–Kier alpha value is -3.08. The fourth-order valence-electron chi connectivity index (χ4n) is 2.60. The lowest BCUT2D eigenvalue weighted by Gasteiger charge is -2.09. The molecule has 2 N–H and O–H groups in total. The highest BCUT2D eigenvalue weighted by Gasteiger charge is 2.31. The molecule has 0 spiro atoms. The Morgan fingerprint density at radius 3 is 2.69 bits per heavy atom. The van der Waals surface area contributed by atoms with Crippen molar-refractivity contribution in [3.05, 3.63) is 54.5 Å². The molecule has 0 unspecified atom stereocenters. The molecule has 0 aliphatic rings. The Bertz CT molecular complexity index is 1230. The van der Waals surface area contributed by atoms with Crippen LogP contribution in [-0.4, -0.2) is 28.0 Å². The normalized spacial score (nSPS) is 12.7. The number of fused-ring (bicyclic) bond motifs is 2. The summed E-state index contributed by atoms with van der Waals surface area (Å²) in [5.41, 5.74) is -0.353. The molecule has 0 saturated carbocycles. The summed E-state index contributed by atoms with van der Waals surface area (Å²) in [7, 11) is -4.07. The van der Waals surface area contributed by atoms with Crippen molar-refractivity contribution in [3.8, 4) is 0 Å². The number of rotatable bonds is 3. The molecule has 0 radical (unpaired) electrons. The summed E-state index contributed by atoms with van der Waals surface area (Å²) in [4.78, 5) is 6.43. The van der Waals surface area contributed by atoms with E-state index in [4.69, 9.17) is 0 Å². The Kier molecular flexibility index (Phi) is 3.44. The van der Waals surface area contributed by atoms with Gasteiger partial charge in [0.1, 0.15) is 10.7 Å². The largest absolute Gasteiger partial charge is 0.416 e. The summed E-state index contributed by atoms with van der Waals surface area (Å²) in [6.07, 6.45) is -0.488. The Morgan fingerprint density at radius 1 is 1.12 bits per heavy atom. The van der Waals surface area contributed by atoms with E-state index >= 15 is 0 Å². The minimum absolute atomic E-state index is 0.0687. The molecule has 7 nitrogen and oxygen atoms in total. The first kappa shape index (κ1) is 16.4. The molecule has 0 atom stereocenters. The number of nitrogens with zero attached hydrogens (tertiary/aromatic N) is 3. The maximum atomic E-state index is 12.8. The van der Waals surface area contributed by atoms with Crippen LogP contribution in [0.5, 0.6) is 0 Å². The van der Waals surface area contributed by atoms with E-state index in [1.807, 2.05) is 0 Å². The van der Waals surface area contributed by atoms with Gasteiger partial charge >= 0.3 is 6.18 Å². The number of benzene rings is 1. The molecule has 0 aliphatic heterocycles. The number of nitrogens with one attached hydrogen (secondary N) is 2. The predicted molar refractivity (Wildman–Crippen MR) is 87.1 cm³/mol. The number of sulfonamides is 1. The summed E-state index contributed by atoms with van der Waals surface area (Å²) < 4.78 is 67.5. The summed E-state index contributed by atoms with van der Waals surface area (Å²) in [6, 6.07) is 5.86. The number of hydrogen-bond donors (Lipinski definition) is 2. The zero-order chi connectivity index (χ0) is 18.5. The van der Waals surface area contributed by atoms with Crippen molar-refractivity contribution in [1.29, 1.82) is 0 Å². The van der Waals surface area contributed by atoms with Gasteiger partial charge in [-0.25, -0.2) is 13.4 Å². The van der Waals surface area contributed by atoms with E-state index in [-0.39, 0.29) is 21.6 Å². The van der Waals surface area contributed by atoms with Crippen molar-refractivity contribution in [2.45, 2.75) is 11.1 Å². The van der Waals surface area contributed by atoms with Gasteiger partial charge in [0.05, 0.1) is 11.8 Å². The van der Waals surface area contributed by atoms with E-state index in [1.54, 1.807) is 6.07 Å². The molecule has 0 aliphatic carbocycles. The molecule has 26 heavy (non-hydrogen) atoms. The molecule has 1 aromatic carbocycles. The molecule has 0 amide bonds. The van der Waals surface area contributed by atoms with Gasteiger partial charge in [-0.1, -0.05) is 6.07 Å². The van der Waals surface area contributed by atoms with Crippen LogP contribution in [-0.2, 0) is 16.2 Å². The molecule has 3 aromatic heterocycles. The van der Waals surface area contributed by atoms with Crippen molar-refractivity contribution in [1.82, 2.24) is 19.6 Å². The second kappa shape index (κ2) is 5.46. The van der Waals surface area contributed by atoms with Crippen LogP contribution in [0, 0.1) is 0 Å². The highest BCUT2D eigenvalue weighted by atomic mass is 32.2. The SMILES string of the molecule is O=S(=O)(Nc1ccnc2ccnn12)c1c[nH]c2cc(C(F)(F)F)ccc12. The number of anilines is 1. The van der Waals surface area contributed by atoms with Crippen LogP contribution in [0.4, 0.5) is 19.0 Å². The first-order valence-corrected chi connectivity index (χ1v) is 8.74. The number of H-pyrrole nitrogens is 1. The Labute approximate surface area is 144 Å². The lowest BCUT2D eigenvalue weighted by molar-refractivity contribution is -0.137. The van der Waals surface area contributed by atoms with E-state index < -0.39 is 21.8 Å². The Morgan fingerprint density at radius 2 is 1.92 bits per heavy atom. The van der Waals surface area contributed by atoms with Crippen molar-refractivity contribution >= 4 is 32.4 Å². The zero-order valence-corrected chi connectivity index (χ0v) is 13.6. The van der Waals surface area contributed by atoms with E-state index in [0.717, 1.165) is 24.4 Å². The molecule has 3 heterocycles. The third-order valence-electron chi connectivity index (χ3n) is 3.79. The van der Waals surface area contributed by atoms with E-state index in [1.165, 1.54) is 23.0 Å². The maximum Gasteiger partial charge on any atom is 0.416 e. The first-order chi connectivity index (χ1) is 12.3. The second-order valence-corrected chi connectivity index (χ2v) is 7.10. The van der Waals surface area contributed by atoms with Crippen molar-refractivity contribution < 1.29 is 21.6 Å². The van der Waals surface area contributed by atoms with Crippen molar-refractivity contribution in [3.63, 3.8) is 0 Å².